The van der Waals surface area contributed by atoms with E-state index >= 15 is 0 Å². The third kappa shape index (κ3) is 3.95. The van der Waals surface area contributed by atoms with Gasteiger partial charge in [0.25, 0.3) is 5.91 Å². The number of amides is 1. The maximum Gasteiger partial charge on any atom is 0.268 e. The summed E-state index contributed by atoms with van der Waals surface area (Å²) in [6.07, 6.45) is 1.84. The zero-order valence-corrected chi connectivity index (χ0v) is 15.5. The first kappa shape index (κ1) is 18.5. The highest BCUT2D eigenvalue weighted by atomic mass is 19.1. The molecule has 1 amide bonds. The number of hydrogen-bond donors (Lipinski definition) is 1. The van der Waals surface area contributed by atoms with Crippen LogP contribution in [0.3, 0.4) is 0 Å². The number of aromatic nitrogens is 1. The summed E-state index contributed by atoms with van der Waals surface area (Å²) in [5.74, 6) is 0.705. The second-order valence-electron chi connectivity index (χ2n) is 6.07. The summed E-state index contributed by atoms with van der Waals surface area (Å²) in [4.78, 5) is 12.6. The van der Waals surface area contributed by atoms with Crippen LogP contribution in [0.5, 0.6) is 11.5 Å². The van der Waals surface area contributed by atoms with Gasteiger partial charge in [-0.15, -0.1) is 0 Å². The Hall–Kier alpha value is -3.28. The van der Waals surface area contributed by atoms with Crippen LogP contribution in [0.2, 0.25) is 0 Å². The molecule has 0 saturated heterocycles. The molecule has 0 unspecified atom stereocenters. The van der Waals surface area contributed by atoms with E-state index in [1.165, 1.54) is 12.1 Å². The van der Waals surface area contributed by atoms with E-state index in [9.17, 15) is 9.18 Å². The van der Waals surface area contributed by atoms with E-state index in [-0.39, 0.29) is 11.7 Å². The maximum atomic E-state index is 13.1. The number of nitrogens with zero attached hydrogens (tertiary/aromatic N) is 1. The predicted octanol–water partition coefficient (Wildman–Crippen LogP) is 3.78. The van der Waals surface area contributed by atoms with Gasteiger partial charge in [0.15, 0.2) is 11.5 Å². The topological polar surface area (TPSA) is 52.5 Å². The van der Waals surface area contributed by atoms with Crippen LogP contribution < -0.4 is 14.8 Å². The first-order valence-electron chi connectivity index (χ1n) is 8.44. The first-order valence-corrected chi connectivity index (χ1v) is 8.44. The molecule has 0 atom stereocenters. The Balaban J connectivity index is 1.77. The Labute approximate surface area is 157 Å². The zero-order chi connectivity index (χ0) is 19.4. The molecule has 5 nitrogen and oxygen atoms in total. The number of nitrogens with one attached hydrogen (secondary N) is 1. The number of para-hydroxylation sites is 1. The van der Waals surface area contributed by atoms with Crippen molar-refractivity contribution >= 4 is 5.91 Å². The van der Waals surface area contributed by atoms with Gasteiger partial charge in [-0.05, 0) is 29.8 Å². The maximum absolute atomic E-state index is 13.1. The summed E-state index contributed by atoms with van der Waals surface area (Å²) >= 11 is 0. The number of methoxy groups -OCH3 is 2. The Bertz CT molecular complexity index is 949. The van der Waals surface area contributed by atoms with E-state index in [2.05, 4.69) is 5.32 Å². The number of benzene rings is 2. The Kier molecular flexibility index (Phi) is 5.45. The van der Waals surface area contributed by atoms with E-state index in [4.69, 9.17) is 9.47 Å². The Morgan fingerprint density at radius 1 is 1.07 bits per heavy atom. The van der Waals surface area contributed by atoms with Crippen molar-refractivity contribution in [2.24, 2.45) is 7.05 Å². The molecule has 0 fully saturated rings. The molecular formula is C21H21FN2O3. The smallest absolute Gasteiger partial charge is 0.268 e. The van der Waals surface area contributed by atoms with E-state index in [0.717, 1.165) is 16.7 Å². The van der Waals surface area contributed by atoms with Crippen molar-refractivity contribution in [3.8, 4) is 22.6 Å². The highest BCUT2D eigenvalue weighted by molar-refractivity contribution is 5.94. The molecule has 0 aliphatic carbocycles. The van der Waals surface area contributed by atoms with Gasteiger partial charge in [-0.2, -0.15) is 0 Å². The SMILES string of the molecule is COc1cccc(CNC(=O)c2cc(-c3ccc(F)cc3)cn2C)c1OC. The molecule has 0 saturated carbocycles. The van der Waals surface area contributed by atoms with Crippen LogP contribution in [0.1, 0.15) is 16.1 Å². The molecule has 0 bridgehead atoms. The first-order chi connectivity index (χ1) is 13.0. The number of aryl methyl sites for hydroxylation is 1. The molecular weight excluding hydrogens is 347 g/mol. The standard InChI is InChI=1S/C21H21FN2O3/c1-24-13-16(14-7-9-17(22)10-8-14)11-18(24)21(25)23-12-15-5-4-6-19(26-2)20(15)27-3/h4-11,13H,12H2,1-3H3,(H,23,25). The summed E-state index contributed by atoms with van der Waals surface area (Å²) in [5.41, 5.74) is 3.02. The molecule has 2 aromatic carbocycles. The van der Waals surface area contributed by atoms with Gasteiger partial charge >= 0.3 is 0 Å². The lowest BCUT2D eigenvalue weighted by Crippen LogP contribution is -2.25. The molecule has 27 heavy (non-hydrogen) atoms. The molecule has 3 aromatic rings. The number of rotatable bonds is 6. The summed E-state index contributed by atoms with van der Waals surface area (Å²) in [7, 11) is 4.94. The van der Waals surface area contributed by atoms with Gasteiger partial charge in [0, 0.05) is 30.9 Å². The number of hydrogen-bond acceptors (Lipinski definition) is 3. The van der Waals surface area contributed by atoms with Gasteiger partial charge in [0.1, 0.15) is 11.5 Å². The molecule has 0 aliphatic rings. The summed E-state index contributed by atoms with van der Waals surface area (Å²) in [6.45, 7) is 0.302. The zero-order valence-electron chi connectivity index (χ0n) is 15.5. The van der Waals surface area contributed by atoms with Crippen molar-refractivity contribution in [1.29, 1.82) is 0 Å². The largest absolute Gasteiger partial charge is 0.493 e. The number of carbonyl (C=O) groups excluding carboxylic acids is 1. The van der Waals surface area contributed by atoms with Crippen LogP contribution in [0.4, 0.5) is 4.39 Å². The molecule has 1 aromatic heterocycles. The normalized spacial score (nSPS) is 10.5. The molecule has 1 N–H and O–H groups in total. The van der Waals surface area contributed by atoms with Crippen LogP contribution in [-0.2, 0) is 13.6 Å². The fourth-order valence-electron chi connectivity index (χ4n) is 2.95. The monoisotopic (exact) mass is 368 g/mol. The van der Waals surface area contributed by atoms with Crippen molar-refractivity contribution in [3.63, 3.8) is 0 Å². The fourth-order valence-corrected chi connectivity index (χ4v) is 2.95. The summed E-state index contributed by atoms with van der Waals surface area (Å²) < 4.78 is 25.5. The van der Waals surface area contributed by atoms with E-state index < -0.39 is 0 Å². The minimum Gasteiger partial charge on any atom is -0.493 e. The van der Waals surface area contributed by atoms with E-state index in [0.29, 0.717) is 23.7 Å². The predicted molar refractivity (Wildman–Crippen MR) is 102 cm³/mol. The molecule has 0 radical (unpaired) electrons. The molecule has 6 heteroatoms. The fraction of sp³-hybridized carbons (Fsp3) is 0.190. The molecule has 140 valence electrons. The average Bonchev–Trinajstić information content (AvgIpc) is 3.07. The van der Waals surface area contributed by atoms with E-state index in [1.807, 2.05) is 18.3 Å². The minimum atomic E-state index is -0.292. The lowest BCUT2D eigenvalue weighted by Gasteiger charge is -2.13. The van der Waals surface area contributed by atoms with Gasteiger partial charge in [0.05, 0.1) is 14.2 Å². The second-order valence-corrected chi connectivity index (χ2v) is 6.07. The molecule has 0 aliphatic heterocycles. The molecule has 3 rings (SSSR count). The number of ether oxygens (including phenoxy) is 2. The minimum absolute atomic E-state index is 0.212. The Morgan fingerprint density at radius 3 is 2.48 bits per heavy atom. The van der Waals surface area contributed by atoms with Gasteiger partial charge in [-0.3, -0.25) is 4.79 Å². The van der Waals surface area contributed by atoms with Crippen LogP contribution in [0.15, 0.2) is 54.7 Å². The van der Waals surface area contributed by atoms with Crippen molar-refractivity contribution in [2.45, 2.75) is 6.54 Å². The van der Waals surface area contributed by atoms with Gasteiger partial charge in [0.2, 0.25) is 0 Å². The molecule has 0 spiro atoms. The van der Waals surface area contributed by atoms with Crippen molar-refractivity contribution < 1.29 is 18.7 Å². The third-order valence-corrected chi connectivity index (χ3v) is 4.34. The molecule has 1 heterocycles. The quantitative estimate of drug-likeness (QED) is 0.720. The summed E-state index contributed by atoms with van der Waals surface area (Å²) in [5, 5.41) is 2.90. The lowest BCUT2D eigenvalue weighted by molar-refractivity contribution is 0.0942. The highest BCUT2D eigenvalue weighted by Crippen LogP contribution is 2.30. The van der Waals surface area contributed by atoms with Crippen molar-refractivity contribution in [2.75, 3.05) is 14.2 Å². The number of carbonyl (C=O) groups is 1. The average molecular weight is 368 g/mol. The number of halogens is 1. The van der Waals surface area contributed by atoms with E-state index in [1.54, 1.807) is 50.1 Å². The van der Waals surface area contributed by atoms with Crippen LogP contribution >= 0.6 is 0 Å². The van der Waals surface area contributed by atoms with Crippen LogP contribution in [0.25, 0.3) is 11.1 Å². The highest BCUT2D eigenvalue weighted by Gasteiger charge is 2.15. The van der Waals surface area contributed by atoms with Crippen LogP contribution in [-0.4, -0.2) is 24.7 Å². The second kappa shape index (κ2) is 7.95. The van der Waals surface area contributed by atoms with Crippen molar-refractivity contribution in [1.82, 2.24) is 9.88 Å². The van der Waals surface area contributed by atoms with Crippen LogP contribution in [0, 0.1) is 5.82 Å². The third-order valence-electron chi connectivity index (χ3n) is 4.34. The van der Waals surface area contributed by atoms with Gasteiger partial charge in [-0.1, -0.05) is 24.3 Å². The summed E-state index contributed by atoms with van der Waals surface area (Å²) in [6, 6.07) is 13.5. The van der Waals surface area contributed by atoms with Gasteiger partial charge < -0.3 is 19.4 Å². The van der Waals surface area contributed by atoms with Crippen molar-refractivity contribution in [3.05, 3.63) is 71.8 Å². The lowest BCUT2D eigenvalue weighted by atomic mass is 10.1. The Morgan fingerprint density at radius 2 is 1.81 bits per heavy atom. The van der Waals surface area contributed by atoms with Gasteiger partial charge in [-0.25, -0.2) is 4.39 Å².